The van der Waals surface area contributed by atoms with Crippen molar-refractivity contribution in [2.75, 3.05) is 66.4 Å². The molecule has 2 amide bonds. The average Bonchev–Trinajstić information content (AvgIpc) is 0.659. The molecule has 2 fully saturated rings. The lowest BCUT2D eigenvalue weighted by Gasteiger charge is -2.39. The van der Waals surface area contributed by atoms with Crippen LogP contribution in [0.25, 0.3) is 44.1 Å². The Hall–Kier alpha value is -9.04. The van der Waals surface area contributed by atoms with E-state index in [1.807, 2.05) is 0 Å². The summed E-state index contributed by atoms with van der Waals surface area (Å²) in [6, 6.07) is 4.71. The molecule has 106 heavy (non-hydrogen) atoms. The van der Waals surface area contributed by atoms with Crippen LogP contribution in [0.2, 0.25) is 0 Å². The number of carbonyl (C=O) groups is 2. The molecule has 0 bridgehead atoms. The van der Waals surface area contributed by atoms with Crippen LogP contribution in [-0.2, 0) is 69.0 Å². The van der Waals surface area contributed by atoms with Gasteiger partial charge in [-0.1, -0.05) is 120 Å². The number of piperidine rings is 2. The Morgan fingerprint density at radius 1 is 0.528 bits per heavy atom. The molecule has 556 valence electrons. The van der Waals surface area contributed by atoms with Crippen molar-refractivity contribution in [2.45, 2.75) is 111 Å². The van der Waals surface area contributed by atoms with Crippen molar-refractivity contribution in [1.29, 1.82) is 0 Å². The number of nitrogens with zero attached hydrogens (tertiary/aromatic N) is 6. The van der Waals surface area contributed by atoms with Crippen molar-refractivity contribution >= 4 is 57.1 Å². The number of likely N-dealkylation sites (tertiary alicyclic amines) is 2. The largest absolute Gasteiger partial charge is 0.416 e. The van der Waals surface area contributed by atoms with Gasteiger partial charge in [-0.25, -0.2) is 17.6 Å². The van der Waals surface area contributed by atoms with Gasteiger partial charge >= 0.3 is 12.4 Å². The summed E-state index contributed by atoms with van der Waals surface area (Å²) in [5.41, 5.74) is -12.6. The number of halogens is 10. The zero-order chi connectivity index (χ0) is 108. The maximum absolute atomic E-state index is 15.7. The zero-order valence-corrected chi connectivity index (χ0v) is 57.1. The molecule has 0 unspecified atom stereocenters. The van der Waals surface area contributed by atoms with E-state index in [-0.39, 0.29) is 69.6 Å². The Morgan fingerprint density at radius 2 is 0.896 bits per heavy atom. The van der Waals surface area contributed by atoms with E-state index in [1.165, 1.54) is 24.3 Å². The van der Waals surface area contributed by atoms with Gasteiger partial charge in [0.25, 0.3) is 0 Å². The van der Waals surface area contributed by atoms with E-state index in [0.717, 1.165) is 131 Å². The molecule has 0 spiro atoms. The third kappa shape index (κ3) is 19.6. The Morgan fingerprint density at radius 3 is 1.28 bits per heavy atom. The van der Waals surface area contributed by atoms with Gasteiger partial charge in [0.1, 0.15) is 13.0 Å². The number of thioether (sulfide) groups is 2. The Labute approximate surface area is 667 Å². The summed E-state index contributed by atoms with van der Waals surface area (Å²) >= 11 is -0.199. The highest BCUT2D eigenvalue weighted by Gasteiger charge is 2.34. The van der Waals surface area contributed by atoms with E-state index in [0.29, 0.717) is 6.07 Å². The quantitative estimate of drug-likeness (QED) is 0.0428. The van der Waals surface area contributed by atoms with Gasteiger partial charge in [-0.3, -0.25) is 19.2 Å². The van der Waals surface area contributed by atoms with Crippen LogP contribution < -0.4 is 10.9 Å². The highest BCUT2D eigenvalue weighted by atomic mass is 32.2. The average molecular weight is 1540 g/mol. The predicted octanol–water partition coefficient (Wildman–Crippen LogP) is 17.4. The third-order valence-corrected chi connectivity index (χ3v) is 17.0. The Bertz CT molecular complexity index is 6720. The molecule has 2 saturated heterocycles. The summed E-state index contributed by atoms with van der Waals surface area (Å²) in [7, 11) is 1.81. The number of rotatable bonds is 24. The third-order valence-electron chi connectivity index (χ3n) is 15.2. The number of benzene rings is 8. The molecule has 12 nitrogen and oxygen atoms in total. The SMILES string of the molecule is [2H]c1c(C)c([2H])c2c(=O)c([2H])c(SC([2H])([2H])c3cccc(F)c3F)n(C([2H])([2H])C(=O)N(Cc3ccc(-c4ccc(C(F)(F)F)cc4)cc3)C3([2H])C([2H])([2H])C([2H])([2H])N(C([2H])([2H])COC)C([2H])([2H])C3([2H])[2H])c2c1[2H].[2H]c1c(C)c([2H])c2c(=O)c([2H])c(SCc3cccc(F)c3F)n(C([2H])([2H])C(=O)N(Cc3ccc(-c4ccc(C(F)(F)F)cc4)cc3)C3([2H])C([2H])([2H])C([2H])([2H])N(C([2H])([2H])COC)C([2H])([2H])C3([2H])[2H])c2c1[2H]. The second-order valence-corrected chi connectivity index (χ2v) is 24.3. The first-order chi connectivity index (χ1) is 64.7. The van der Waals surface area contributed by atoms with Crippen LogP contribution in [0.5, 0.6) is 0 Å². The second-order valence-electron chi connectivity index (χ2n) is 22.5. The summed E-state index contributed by atoms with van der Waals surface area (Å²) < 4.78 is 475. The van der Waals surface area contributed by atoms with E-state index in [9.17, 15) is 63.9 Å². The van der Waals surface area contributed by atoms with Crippen molar-refractivity contribution in [3.05, 3.63) is 270 Å². The van der Waals surface area contributed by atoms with Gasteiger partial charge in [-0.05, 0) is 133 Å². The molecule has 8 aromatic carbocycles. The number of alkyl halides is 6. The van der Waals surface area contributed by atoms with Crippen LogP contribution in [0.15, 0.2) is 201 Å². The topological polar surface area (TPSA) is 110 Å². The lowest BCUT2D eigenvalue weighted by molar-refractivity contribution is -0.138. The predicted molar refractivity (Wildman–Crippen MR) is 395 cm³/mol. The number of amides is 2. The number of hydrogen-bond donors (Lipinski definition) is 0. The monoisotopic (exact) mass is 1530 g/mol. The molecule has 2 aromatic heterocycles. The maximum atomic E-state index is 15.7. The molecular weight excluding hydrogens is 1420 g/mol. The van der Waals surface area contributed by atoms with Crippen LogP contribution in [0.3, 0.4) is 0 Å². The minimum atomic E-state index is -4.71. The van der Waals surface area contributed by atoms with Crippen LogP contribution in [0.4, 0.5) is 43.9 Å². The Balaban J connectivity index is 0.000000271. The van der Waals surface area contributed by atoms with Crippen LogP contribution in [0, 0.1) is 37.1 Å². The molecule has 12 rings (SSSR count). The molecule has 10 aromatic rings. The van der Waals surface area contributed by atoms with Crippen LogP contribution in [0.1, 0.15) is 119 Å². The molecule has 0 aliphatic carbocycles. The normalized spacial score (nSPS) is 24.2. The number of carbonyl (C=O) groups excluding carboxylic acids is 2. The summed E-state index contributed by atoms with van der Waals surface area (Å²) in [6.45, 7) is -35.1. The fourth-order valence-electron chi connectivity index (χ4n) is 9.89. The first-order valence-electron chi connectivity index (χ1n) is 49.0. The second kappa shape index (κ2) is 35.1. The lowest BCUT2D eigenvalue weighted by Crippen LogP contribution is -2.48. The molecule has 4 heterocycles. The number of ether oxygens (including phenoxy) is 2. The van der Waals surface area contributed by atoms with Crippen molar-refractivity contribution in [3.63, 3.8) is 0 Å². The number of pyridine rings is 2. The minimum Gasteiger partial charge on any atom is -0.383 e. The van der Waals surface area contributed by atoms with Gasteiger partial charge in [0.2, 0.25) is 11.8 Å². The van der Waals surface area contributed by atoms with E-state index < -0.39 is 315 Å². The highest BCUT2D eigenvalue weighted by molar-refractivity contribution is 7.98. The summed E-state index contributed by atoms with van der Waals surface area (Å²) in [5, 5.41) is -4.28. The minimum absolute atomic E-state index is 0.0865. The first-order valence-corrected chi connectivity index (χ1v) is 32.8. The highest BCUT2D eigenvalue weighted by Crippen LogP contribution is 2.36. The zero-order valence-electron chi connectivity index (χ0n) is 91.5. The van der Waals surface area contributed by atoms with Gasteiger partial charge < -0.3 is 38.2 Å². The standard InChI is InChI=1S/2C41H40F5N3O3S/c2*1-27-6-15-36-34(22-27)37(50)23-39(53-26-31-4-3-5-35(42)40(31)43)49(36)25-38(51)48(33-16-18-47(19-17-33)20-21-52-2)24-28-7-9-29(10-8-28)30-11-13-32(14-12-30)41(44,45)46/h2*3-15,22-23,33H,16-21,24-26H2,1-2H3/i6D,15D,16D2,17D2,18D2,19D2,20D2,22D,23D,25D2,26D2,33D;6D,15D,16D2,17D2,18D2,19D2,20D2,22D,23D,25D2,33D. The summed E-state index contributed by atoms with van der Waals surface area (Å²) in [5.74, 6) is -11.6. The summed E-state index contributed by atoms with van der Waals surface area (Å²) in [4.78, 5) is 57.7. The molecule has 0 atom stereocenters. The van der Waals surface area contributed by atoms with E-state index in [2.05, 4.69) is 0 Å². The van der Waals surface area contributed by atoms with Crippen molar-refractivity contribution in [1.82, 2.24) is 28.7 Å². The van der Waals surface area contributed by atoms with Crippen LogP contribution >= 0.6 is 23.5 Å². The van der Waals surface area contributed by atoms with Crippen molar-refractivity contribution in [3.8, 4) is 22.3 Å². The van der Waals surface area contributed by atoms with Crippen LogP contribution in [-0.4, -0.2) is 119 Å². The fourth-order valence-corrected chi connectivity index (χ4v) is 11.6. The van der Waals surface area contributed by atoms with E-state index >= 15 is 18.4 Å². The molecule has 2 aliphatic heterocycles. The number of fused-ring (bicyclic) bond motifs is 2. The van der Waals surface area contributed by atoms with Gasteiger partial charge in [-0.15, -0.1) is 23.5 Å². The summed E-state index contributed by atoms with van der Waals surface area (Å²) in [6.07, 6.45) is -26.9. The van der Waals surface area contributed by atoms with Gasteiger partial charge in [0, 0.05) is 154 Å². The first kappa shape index (κ1) is 43.7. The lowest BCUT2D eigenvalue weighted by atomic mass is 10.00. The van der Waals surface area contributed by atoms with E-state index in [1.54, 1.807) is 0 Å². The fraction of sp³-hybridized carbons (Fsp3) is 0.317. The van der Waals surface area contributed by atoms with E-state index in [4.69, 9.17) is 39.6 Å². The molecule has 0 saturated carbocycles. The van der Waals surface area contributed by atoms with Crippen molar-refractivity contribution < 1.29 is 112 Å². The number of aromatic nitrogens is 2. The van der Waals surface area contributed by atoms with Crippen molar-refractivity contribution in [2.24, 2.45) is 0 Å². The molecule has 0 N–H and O–H groups in total. The molecule has 0 radical (unpaired) electrons. The number of methoxy groups -OCH3 is 2. The van der Waals surface area contributed by atoms with Gasteiger partial charge in [-0.2, -0.15) is 26.3 Å². The van der Waals surface area contributed by atoms with Gasteiger partial charge in [0.05, 0.1) is 64.6 Å². The number of hydrogen-bond acceptors (Lipinski definition) is 10. The smallest absolute Gasteiger partial charge is 0.383 e. The molecule has 2 aliphatic rings. The molecular formula is C82H80F10N6O6S2. The van der Waals surface area contributed by atoms with Gasteiger partial charge in [0.15, 0.2) is 34.1 Å². The Kier molecular flexibility index (Phi) is 14.5. The maximum Gasteiger partial charge on any atom is 0.416 e. The molecule has 24 heteroatoms.